The molecule has 1 unspecified atom stereocenters. The molecule has 3 rings (SSSR count). The van der Waals surface area contributed by atoms with E-state index >= 15 is 0 Å². The summed E-state index contributed by atoms with van der Waals surface area (Å²) in [5.41, 5.74) is 0.834. The highest BCUT2D eigenvalue weighted by Gasteiger charge is 2.23. The number of thiophene rings is 1. The van der Waals surface area contributed by atoms with Crippen molar-refractivity contribution in [3.05, 3.63) is 58.5 Å². The van der Waals surface area contributed by atoms with Gasteiger partial charge in [-0.3, -0.25) is 0 Å². The van der Waals surface area contributed by atoms with Crippen molar-refractivity contribution in [1.29, 1.82) is 0 Å². The van der Waals surface area contributed by atoms with Gasteiger partial charge in [-0.05, 0) is 48.4 Å². The fraction of sp³-hybridized carbons (Fsp3) is 0.350. The van der Waals surface area contributed by atoms with E-state index < -0.39 is 5.60 Å². The van der Waals surface area contributed by atoms with Crippen LogP contribution in [0.3, 0.4) is 0 Å². The molecule has 2 aromatic heterocycles. The SMILES string of the molecule is CCNC(=NCC(C)(O)c1ccsc1)NCCc1cc2ccccc2o1.I. The number of nitrogens with one attached hydrogen (secondary N) is 2. The predicted octanol–water partition coefficient (Wildman–Crippen LogP) is 4.12. The molecule has 0 amide bonds. The van der Waals surface area contributed by atoms with Gasteiger partial charge in [0.1, 0.15) is 16.9 Å². The maximum Gasteiger partial charge on any atom is 0.191 e. The molecule has 1 atom stereocenters. The zero-order valence-corrected chi connectivity index (χ0v) is 18.7. The van der Waals surface area contributed by atoms with Gasteiger partial charge in [0.15, 0.2) is 5.96 Å². The Morgan fingerprint density at radius 2 is 2.07 bits per heavy atom. The molecular weight excluding hydrogens is 473 g/mol. The monoisotopic (exact) mass is 499 g/mol. The van der Waals surface area contributed by atoms with Crippen LogP contribution >= 0.6 is 35.3 Å². The molecule has 0 saturated heterocycles. The van der Waals surface area contributed by atoms with E-state index in [1.165, 1.54) is 0 Å². The molecule has 27 heavy (non-hydrogen) atoms. The van der Waals surface area contributed by atoms with Gasteiger partial charge in [-0.2, -0.15) is 11.3 Å². The van der Waals surface area contributed by atoms with Crippen molar-refractivity contribution in [1.82, 2.24) is 10.6 Å². The van der Waals surface area contributed by atoms with Crippen molar-refractivity contribution >= 4 is 52.2 Å². The highest BCUT2D eigenvalue weighted by Crippen LogP contribution is 2.23. The lowest BCUT2D eigenvalue weighted by Crippen LogP contribution is -2.39. The lowest BCUT2D eigenvalue weighted by molar-refractivity contribution is 0.0677. The lowest BCUT2D eigenvalue weighted by Gasteiger charge is -2.21. The van der Waals surface area contributed by atoms with Gasteiger partial charge in [-0.15, -0.1) is 24.0 Å². The Kier molecular flexibility index (Phi) is 8.12. The number of halogens is 1. The number of aliphatic imine (C=N–C) groups is 1. The van der Waals surface area contributed by atoms with Gasteiger partial charge in [0, 0.05) is 24.9 Å². The summed E-state index contributed by atoms with van der Waals surface area (Å²) in [4.78, 5) is 4.53. The first kappa shape index (κ1) is 21.7. The molecule has 5 nitrogen and oxygen atoms in total. The number of fused-ring (bicyclic) bond motifs is 1. The predicted molar refractivity (Wildman–Crippen MR) is 123 cm³/mol. The number of guanidine groups is 1. The average Bonchev–Trinajstić information content (AvgIpc) is 3.29. The summed E-state index contributed by atoms with van der Waals surface area (Å²) in [6.45, 7) is 5.57. The summed E-state index contributed by atoms with van der Waals surface area (Å²) in [6.07, 6.45) is 0.764. The number of hydrogen-bond acceptors (Lipinski definition) is 4. The molecule has 0 bridgehead atoms. The van der Waals surface area contributed by atoms with Gasteiger partial charge in [-0.25, -0.2) is 4.99 Å². The standard InChI is InChI=1S/C20H25N3O2S.HI/c1-3-21-19(23-14-20(2,24)16-9-11-26-13-16)22-10-8-17-12-15-6-4-5-7-18(15)25-17;/h4-7,9,11-13,24H,3,8,10,14H2,1-2H3,(H2,21,22,23);1H. The van der Waals surface area contributed by atoms with Gasteiger partial charge in [-0.1, -0.05) is 18.2 Å². The molecule has 3 N–H and O–H groups in total. The first-order chi connectivity index (χ1) is 12.6. The van der Waals surface area contributed by atoms with E-state index in [1.807, 2.05) is 48.0 Å². The van der Waals surface area contributed by atoms with Crippen molar-refractivity contribution in [2.75, 3.05) is 19.6 Å². The molecule has 0 fully saturated rings. The molecular formula is C20H26IN3O2S. The fourth-order valence-corrected chi connectivity index (χ4v) is 3.48. The van der Waals surface area contributed by atoms with Crippen molar-refractivity contribution in [2.45, 2.75) is 25.9 Å². The number of aliphatic hydroxyl groups is 1. The number of hydrogen-bond donors (Lipinski definition) is 3. The quantitative estimate of drug-likeness (QED) is 0.260. The third-order valence-electron chi connectivity index (χ3n) is 4.17. The third kappa shape index (κ3) is 5.95. The Hall–Kier alpha value is -1.58. The largest absolute Gasteiger partial charge is 0.461 e. The van der Waals surface area contributed by atoms with Gasteiger partial charge in [0.05, 0.1) is 6.54 Å². The van der Waals surface area contributed by atoms with Crippen LogP contribution in [0.5, 0.6) is 0 Å². The molecule has 2 heterocycles. The molecule has 0 aliphatic heterocycles. The van der Waals surface area contributed by atoms with E-state index in [-0.39, 0.29) is 24.0 Å². The van der Waals surface area contributed by atoms with Crippen LogP contribution in [-0.4, -0.2) is 30.7 Å². The fourth-order valence-electron chi connectivity index (χ4n) is 2.70. The van der Waals surface area contributed by atoms with Crippen LogP contribution in [0.4, 0.5) is 0 Å². The zero-order valence-electron chi connectivity index (χ0n) is 15.6. The smallest absolute Gasteiger partial charge is 0.191 e. The molecule has 0 spiro atoms. The van der Waals surface area contributed by atoms with Gasteiger partial charge in [0.25, 0.3) is 0 Å². The van der Waals surface area contributed by atoms with E-state index in [0.29, 0.717) is 19.0 Å². The van der Waals surface area contributed by atoms with E-state index in [1.54, 1.807) is 18.3 Å². The highest BCUT2D eigenvalue weighted by atomic mass is 127. The topological polar surface area (TPSA) is 69.8 Å². The van der Waals surface area contributed by atoms with E-state index in [2.05, 4.69) is 21.7 Å². The van der Waals surface area contributed by atoms with Crippen molar-refractivity contribution in [3.63, 3.8) is 0 Å². The summed E-state index contributed by atoms with van der Waals surface area (Å²) >= 11 is 1.57. The second-order valence-electron chi connectivity index (χ2n) is 6.41. The van der Waals surface area contributed by atoms with Crippen molar-refractivity contribution in [3.8, 4) is 0 Å². The Morgan fingerprint density at radius 3 is 2.78 bits per heavy atom. The Bertz CT molecular complexity index is 826. The number of nitrogens with zero attached hydrogens (tertiary/aromatic N) is 1. The molecule has 7 heteroatoms. The molecule has 3 aromatic rings. The van der Waals surface area contributed by atoms with Crippen LogP contribution in [0.2, 0.25) is 0 Å². The molecule has 0 aliphatic rings. The maximum absolute atomic E-state index is 10.6. The normalized spacial score (nSPS) is 13.8. The first-order valence-corrected chi connectivity index (χ1v) is 9.77. The molecule has 1 aromatic carbocycles. The van der Waals surface area contributed by atoms with Gasteiger partial charge >= 0.3 is 0 Å². The summed E-state index contributed by atoms with van der Waals surface area (Å²) in [6, 6.07) is 12.0. The van der Waals surface area contributed by atoms with Crippen molar-refractivity contribution in [2.24, 2.45) is 4.99 Å². The Balaban J connectivity index is 0.00000261. The Labute approximate surface area is 180 Å². The van der Waals surface area contributed by atoms with Crippen LogP contribution in [0.1, 0.15) is 25.2 Å². The molecule has 146 valence electrons. The Morgan fingerprint density at radius 1 is 1.26 bits per heavy atom. The minimum atomic E-state index is -0.971. The van der Waals surface area contributed by atoms with Crippen LogP contribution in [0.15, 0.2) is 56.6 Å². The number of furan rings is 1. The third-order valence-corrected chi connectivity index (χ3v) is 4.86. The first-order valence-electron chi connectivity index (χ1n) is 8.83. The average molecular weight is 499 g/mol. The minimum absolute atomic E-state index is 0. The van der Waals surface area contributed by atoms with Gasteiger partial charge in [0.2, 0.25) is 0 Å². The number of para-hydroxylation sites is 1. The summed E-state index contributed by atoms with van der Waals surface area (Å²) in [5, 5.41) is 22.2. The minimum Gasteiger partial charge on any atom is -0.461 e. The van der Waals surface area contributed by atoms with Crippen LogP contribution in [0, 0.1) is 0 Å². The van der Waals surface area contributed by atoms with Crippen LogP contribution in [0.25, 0.3) is 11.0 Å². The second-order valence-corrected chi connectivity index (χ2v) is 7.19. The molecule has 0 aliphatic carbocycles. The lowest BCUT2D eigenvalue weighted by atomic mass is 10.00. The second kappa shape index (κ2) is 10.1. The molecule has 0 radical (unpaired) electrons. The summed E-state index contributed by atoms with van der Waals surface area (Å²) in [7, 11) is 0. The number of rotatable bonds is 7. The summed E-state index contributed by atoms with van der Waals surface area (Å²) in [5.74, 6) is 1.64. The maximum atomic E-state index is 10.6. The number of benzene rings is 1. The van der Waals surface area contributed by atoms with E-state index in [0.717, 1.165) is 35.3 Å². The molecule has 0 saturated carbocycles. The highest BCUT2D eigenvalue weighted by molar-refractivity contribution is 14.0. The van der Waals surface area contributed by atoms with Crippen LogP contribution < -0.4 is 10.6 Å². The van der Waals surface area contributed by atoms with Gasteiger partial charge < -0.3 is 20.2 Å². The van der Waals surface area contributed by atoms with E-state index in [4.69, 9.17) is 4.42 Å². The van der Waals surface area contributed by atoms with Crippen LogP contribution in [-0.2, 0) is 12.0 Å². The van der Waals surface area contributed by atoms with Crippen molar-refractivity contribution < 1.29 is 9.52 Å². The van der Waals surface area contributed by atoms with E-state index in [9.17, 15) is 5.11 Å². The zero-order chi connectivity index (χ0) is 18.4. The summed E-state index contributed by atoms with van der Waals surface area (Å²) < 4.78 is 5.83.